The van der Waals surface area contributed by atoms with Gasteiger partial charge in [0.15, 0.2) is 5.82 Å². The third-order valence-electron chi connectivity index (χ3n) is 7.30. The summed E-state index contributed by atoms with van der Waals surface area (Å²) in [5.74, 6) is 0.886. The third kappa shape index (κ3) is 3.05. The molecule has 4 heterocycles. The van der Waals surface area contributed by atoms with Gasteiger partial charge in [-0.15, -0.1) is 0 Å². The molecule has 1 saturated heterocycles. The van der Waals surface area contributed by atoms with Gasteiger partial charge in [0.25, 0.3) is 0 Å². The summed E-state index contributed by atoms with van der Waals surface area (Å²) in [4.78, 5) is 24.5. The zero-order chi connectivity index (χ0) is 23.7. The number of pyridine rings is 2. The average molecular weight is 465 g/mol. The Balaban J connectivity index is 1.45. The van der Waals surface area contributed by atoms with Crippen molar-refractivity contribution in [1.82, 2.24) is 14.9 Å². The molecule has 1 aromatic carbocycles. The van der Waals surface area contributed by atoms with Crippen molar-refractivity contribution in [3.8, 4) is 17.0 Å². The van der Waals surface area contributed by atoms with E-state index in [4.69, 9.17) is 10.5 Å². The van der Waals surface area contributed by atoms with Gasteiger partial charge in [0.2, 0.25) is 5.88 Å². The van der Waals surface area contributed by atoms with E-state index in [2.05, 4.69) is 20.2 Å². The van der Waals surface area contributed by atoms with Crippen LogP contribution in [-0.2, 0) is 0 Å². The maximum atomic E-state index is 15.4. The summed E-state index contributed by atoms with van der Waals surface area (Å²) < 4.78 is 21.0. The largest absolute Gasteiger partial charge is 0.474 e. The topological polar surface area (TPSA) is 117 Å². The standard InChI is InChI=1S/C24H25FN6O3/c1-11-14(7-29-23-21(11)27-3-4-34-23)13-5-12-6-18(28-8-15(12)20(26)19(13)25)31(24(32)33)22-16-9-30(2)10-17(16)22/h5-8,16-17,22,27H,3-4,9-10,26H2,1-2H3,(H,32,33)/t16-,17+,22+. The number of amides is 1. The molecule has 9 nitrogen and oxygen atoms in total. The Morgan fingerprint density at radius 1 is 1.26 bits per heavy atom. The number of piperidine rings is 1. The Morgan fingerprint density at radius 2 is 2.03 bits per heavy atom. The van der Waals surface area contributed by atoms with Crippen LogP contribution >= 0.6 is 0 Å². The van der Waals surface area contributed by atoms with Crippen molar-refractivity contribution in [2.24, 2.45) is 11.8 Å². The van der Waals surface area contributed by atoms with Crippen LogP contribution in [0.5, 0.6) is 5.88 Å². The van der Waals surface area contributed by atoms with E-state index in [0.717, 1.165) is 24.3 Å². The maximum Gasteiger partial charge on any atom is 0.413 e. The molecule has 1 amide bonds. The van der Waals surface area contributed by atoms with E-state index in [1.165, 1.54) is 11.1 Å². The van der Waals surface area contributed by atoms with E-state index in [1.807, 2.05) is 14.0 Å². The number of nitrogen functional groups attached to an aromatic ring is 1. The van der Waals surface area contributed by atoms with E-state index in [-0.39, 0.29) is 11.7 Å². The van der Waals surface area contributed by atoms with E-state index in [9.17, 15) is 9.90 Å². The molecular formula is C24H25FN6O3. The second kappa shape index (κ2) is 7.42. The summed E-state index contributed by atoms with van der Waals surface area (Å²) in [6.07, 6.45) is 2.00. The predicted molar refractivity (Wildman–Crippen MR) is 127 cm³/mol. The third-order valence-corrected chi connectivity index (χ3v) is 7.30. The lowest BCUT2D eigenvalue weighted by Gasteiger charge is -2.23. The number of anilines is 3. The molecule has 2 fully saturated rings. The van der Waals surface area contributed by atoms with Crippen molar-refractivity contribution in [2.45, 2.75) is 13.0 Å². The van der Waals surface area contributed by atoms with Crippen molar-refractivity contribution in [2.75, 3.05) is 49.2 Å². The Kier molecular flexibility index (Phi) is 4.57. The molecule has 1 aliphatic carbocycles. The number of rotatable bonds is 3. The average Bonchev–Trinajstić information content (AvgIpc) is 3.29. The van der Waals surface area contributed by atoms with Gasteiger partial charge in [-0.05, 0) is 48.9 Å². The second-order valence-corrected chi connectivity index (χ2v) is 9.36. The molecule has 0 bridgehead atoms. The van der Waals surface area contributed by atoms with Crippen LogP contribution in [0.1, 0.15) is 5.56 Å². The number of hydrogen-bond acceptors (Lipinski definition) is 7. The van der Waals surface area contributed by atoms with Crippen molar-refractivity contribution in [3.63, 3.8) is 0 Å². The molecule has 1 saturated carbocycles. The number of hydrogen-bond donors (Lipinski definition) is 3. The smallest absolute Gasteiger partial charge is 0.413 e. The number of ether oxygens (including phenoxy) is 1. The molecule has 3 aliphatic rings. The van der Waals surface area contributed by atoms with Gasteiger partial charge < -0.3 is 25.8 Å². The maximum absolute atomic E-state index is 15.4. The highest BCUT2D eigenvalue weighted by Crippen LogP contribution is 2.50. The van der Waals surface area contributed by atoms with Gasteiger partial charge in [-0.1, -0.05) is 0 Å². The Labute approximate surface area is 195 Å². The monoisotopic (exact) mass is 464 g/mol. The SMILES string of the molecule is Cc1c(-c2cc3cc(N(C(=O)O)[C@H]4[C@@H]5CN(C)C[C@@H]54)ncc3c(N)c2F)cnc2c1NCCO2. The molecule has 0 radical (unpaired) electrons. The minimum Gasteiger partial charge on any atom is -0.474 e. The summed E-state index contributed by atoms with van der Waals surface area (Å²) in [5, 5.41) is 14.3. The van der Waals surface area contributed by atoms with Gasteiger partial charge in [-0.3, -0.25) is 4.90 Å². The summed E-state index contributed by atoms with van der Waals surface area (Å²) in [6.45, 7) is 4.78. The Morgan fingerprint density at radius 3 is 2.76 bits per heavy atom. The van der Waals surface area contributed by atoms with E-state index < -0.39 is 11.9 Å². The number of aromatic nitrogens is 2. The molecule has 176 valence electrons. The first-order valence-corrected chi connectivity index (χ1v) is 11.3. The number of nitrogens with one attached hydrogen (secondary N) is 1. The minimum absolute atomic E-state index is 0.0281. The molecule has 0 unspecified atom stereocenters. The molecule has 3 atom stereocenters. The number of carboxylic acid groups (broad SMARTS) is 1. The number of nitrogens with two attached hydrogens (primary N) is 1. The highest BCUT2D eigenvalue weighted by atomic mass is 19.1. The molecule has 34 heavy (non-hydrogen) atoms. The zero-order valence-electron chi connectivity index (χ0n) is 18.9. The highest BCUT2D eigenvalue weighted by molar-refractivity contribution is 6.00. The van der Waals surface area contributed by atoms with Gasteiger partial charge >= 0.3 is 6.09 Å². The quantitative estimate of drug-likeness (QED) is 0.506. The number of benzene rings is 1. The van der Waals surface area contributed by atoms with E-state index >= 15 is 4.39 Å². The molecule has 4 N–H and O–H groups in total. The number of nitrogens with zero attached hydrogens (tertiary/aromatic N) is 4. The predicted octanol–water partition coefficient (Wildman–Crippen LogP) is 3.18. The molecule has 2 aliphatic heterocycles. The fourth-order valence-electron chi connectivity index (χ4n) is 5.57. The molecule has 2 aromatic heterocycles. The van der Waals surface area contributed by atoms with Crippen molar-refractivity contribution < 1.29 is 19.0 Å². The van der Waals surface area contributed by atoms with Gasteiger partial charge in [0, 0.05) is 48.5 Å². The lowest BCUT2D eigenvalue weighted by atomic mass is 9.97. The normalized spacial score (nSPS) is 23.1. The van der Waals surface area contributed by atoms with Crippen LogP contribution < -0.4 is 20.7 Å². The lowest BCUT2D eigenvalue weighted by molar-refractivity contribution is 0.199. The van der Waals surface area contributed by atoms with Crippen LogP contribution in [-0.4, -0.2) is 65.4 Å². The van der Waals surface area contributed by atoms with Gasteiger partial charge in [0.1, 0.15) is 18.1 Å². The van der Waals surface area contributed by atoms with Crippen LogP contribution in [0.2, 0.25) is 0 Å². The molecule has 10 heteroatoms. The molecule has 3 aromatic rings. The summed E-state index contributed by atoms with van der Waals surface area (Å²) in [5.41, 5.74) is 8.59. The number of carbonyl (C=O) groups is 1. The number of likely N-dealkylation sites (tertiary alicyclic amines) is 1. The van der Waals surface area contributed by atoms with Crippen molar-refractivity contribution in [1.29, 1.82) is 0 Å². The van der Waals surface area contributed by atoms with Crippen molar-refractivity contribution in [3.05, 3.63) is 35.9 Å². The second-order valence-electron chi connectivity index (χ2n) is 9.36. The highest BCUT2D eigenvalue weighted by Gasteiger charge is 2.59. The first kappa shape index (κ1) is 20.9. The first-order valence-electron chi connectivity index (χ1n) is 11.3. The van der Waals surface area contributed by atoms with Gasteiger partial charge in [-0.25, -0.2) is 19.2 Å². The molecular weight excluding hydrogens is 439 g/mol. The summed E-state index contributed by atoms with van der Waals surface area (Å²) in [7, 11) is 2.04. The van der Waals surface area contributed by atoms with Crippen LogP contribution in [0.4, 0.5) is 26.4 Å². The Hall–Kier alpha value is -3.66. The van der Waals surface area contributed by atoms with Gasteiger partial charge in [0.05, 0.1) is 11.7 Å². The first-order chi connectivity index (χ1) is 16.3. The Bertz CT molecular complexity index is 1340. The lowest BCUT2D eigenvalue weighted by Crippen LogP contribution is -2.38. The van der Waals surface area contributed by atoms with Gasteiger partial charge in [-0.2, -0.15) is 0 Å². The van der Waals surface area contributed by atoms with E-state index in [0.29, 0.717) is 58.6 Å². The zero-order valence-corrected chi connectivity index (χ0v) is 18.9. The number of halogens is 1. The fourth-order valence-corrected chi connectivity index (χ4v) is 5.57. The molecule has 0 spiro atoms. The summed E-state index contributed by atoms with van der Waals surface area (Å²) >= 11 is 0. The van der Waals surface area contributed by atoms with Crippen LogP contribution in [0, 0.1) is 24.6 Å². The van der Waals surface area contributed by atoms with E-state index in [1.54, 1.807) is 18.3 Å². The minimum atomic E-state index is -1.04. The number of fused-ring (bicyclic) bond motifs is 3. The van der Waals surface area contributed by atoms with Crippen LogP contribution in [0.15, 0.2) is 24.5 Å². The summed E-state index contributed by atoms with van der Waals surface area (Å²) in [6, 6.07) is 3.28. The fraction of sp³-hybridized carbons (Fsp3) is 0.375. The van der Waals surface area contributed by atoms with Crippen molar-refractivity contribution >= 4 is 34.1 Å². The van der Waals surface area contributed by atoms with Crippen LogP contribution in [0.3, 0.4) is 0 Å². The van der Waals surface area contributed by atoms with Crippen LogP contribution in [0.25, 0.3) is 21.9 Å². The molecule has 6 rings (SSSR count).